The third-order valence-electron chi connectivity index (χ3n) is 3.01. The third kappa shape index (κ3) is 5.75. The summed E-state index contributed by atoms with van der Waals surface area (Å²) in [6, 6.07) is 7.95. The number of likely N-dealkylation sites (N-methyl/N-ethyl adjacent to an activating group) is 1. The lowest BCUT2D eigenvalue weighted by Crippen LogP contribution is -2.35. The van der Waals surface area contributed by atoms with Crippen LogP contribution in [0.4, 0.5) is 5.69 Å². The molecule has 0 atom stereocenters. The highest BCUT2D eigenvalue weighted by Gasteiger charge is 2.07. The van der Waals surface area contributed by atoms with Crippen LogP contribution in [0, 0.1) is 5.92 Å². The highest BCUT2D eigenvalue weighted by Crippen LogP contribution is 2.14. The summed E-state index contributed by atoms with van der Waals surface area (Å²) in [5, 5.41) is 2.94. The van der Waals surface area contributed by atoms with E-state index in [4.69, 9.17) is 5.73 Å². The molecule has 0 bridgehead atoms. The van der Waals surface area contributed by atoms with Crippen LogP contribution < -0.4 is 16.0 Å². The molecule has 0 aliphatic rings. The van der Waals surface area contributed by atoms with Crippen molar-refractivity contribution in [2.24, 2.45) is 11.7 Å². The summed E-state index contributed by atoms with van der Waals surface area (Å²) < 4.78 is 0. The number of hydrogen-bond acceptors (Lipinski definition) is 3. The molecule has 1 amide bonds. The molecule has 106 valence electrons. The molecule has 0 spiro atoms. The van der Waals surface area contributed by atoms with E-state index < -0.39 is 0 Å². The Morgan fingerprint density at radius 3 is 2.79 bits per heavy atom. The molecule has 3 N–H and O–H groups in total. The first-order chi connectivity index (χ1) is 9.02. The van der Waals surface area contributed by atoms with E-state index in [0.717, 1.165) is 24.2 Å². The number of carbonyl (C=O) groups is 1. The van der Waals surface area contributed by atoms with Crippen LogP contribution in [0.5, 0.6) is 0 Å². The van der Waals surface area contributed by atoms with Gasteiger partial charge in [-0.2, -0.15) is 0 Å². The van der Waals surface area contributed by atoms with Crippen molar-refractivity contribution in [1.82, 2.24) is 5.32 Å². The van der Waals surface area contributed by atoms with Gasteiger partial charge in [-0.05, 0) is 30.0 Å². The molecule has 0 aliphatic carbocycles. The molecule has 19 heavy (non-hydrogen) atoms. The normalized spacial score (nSPS) is 10.6. The molecule has 1 aromatic rings. The standard InChI is InChI=1S/C15H25N3O/c1-12(2)7-8-17-15(19)11-18(3)14-6-4-5-13(9-14)10-16/h4-6,9,12H,7-8,10-11,16H2,1-3H3,(H,17,19). The van der Waals surface area contributed by atoms with E-state index in [1.807, 2.05) is 36.2 Å². The summed E-state index contributed by atoms with van der Waals surface area (Å²) >= 11 is 0. The maximum Gasteiger partial charge on any atom is 0.239 e. The fourth-order valence-corrected chi connectivity index (χ4v) is 1.78. The average Bonchev–Trinajstić information content (AvgIpc) is 2.38. The van der Waals surface area contributed by atoms with Crippen molar-refractivity contribution in [2.45, 2.75) is 26.8 Å². The predicted octanol–water partition coefficient (Wildman–Crippen LogP) is 1.74. The highest BCUT2D eigenvalue weighted by atomic mass is 16.2. The number of rotatable bonds is 7. The lowest BCUT2D eigenvalue weighted by atomic mass is 10.1. The molecule has 1 aromatic carbocycles. The van der Waals surface area contributed by atoms with Crippen molar-refractivity contribution in [3.05, 3.63) is 29.8 Å². The Morgan fingerprint density at radius 2 is 2.16 bits per heavy atom. The number of amides is 1. The van der Waals surface area contributed by atoms with Crippen LogP contribution in [0.15, 0.2) is 24.3 Å². The molecular weight excluding hydrogens is 238 g/mol. The van der Waals surface area contributed by atoms with Gasteiger partial charge in [-0.25, -0.2) is 0 Å². The summed E-state index contributed by atoms with van der Waals surface area (Å²) in [6.45, 7) is 5.93. The minimum Gasteiger partial charge on any atom is -0.365 e. The highest BCUT2D eigenvalue weighted by molar-refractivity contribution is 5.81. The zero-order valence-corrected chi connectivity index (χ0v) is 12.1. The van der Waals surface area contributed by atoms with Gasteiger partial charge >= 0.3 is 0 Å². The third-order valence-corrected chi connectivity index (χ3v) is 3.01. The van der Waals surface area contributed by atoms with Crippen molar-refractivity contribution >= 4 is 11.6 Å². The second-order valence-corrected chi connectivity index (χ2v) is 5.26. The molecule has 0 fully saturated rings. The van der Waals surface area contributed by atoms with E-state index in [2.05, 4.69) is 19.2 Å². The molecule has 0 heterocycles. The van der Waals surface area contributed by atoms with Gasteiger partial charge in [0.15, 0.2) is 0 Å². The van der Waals surface area contributed by atoms with E-state index in [1.54, 1.807) is 0 Å². The Balaban J connectivity index is 2.44. The van der Waals surface area contributed by atoms with Gasteiger partial charge in [-0.3, -0.25) is 4.79 Å². The first-order valence-electron chi connectivity index (χ1n) is 6.79. The van der Waals surface area contributed by atoms with E-state index in [9.17, 15) is 4.79 Å². The van der Waals surface area contributed by atoms with Crippen molar-refractivity contribution in [2.75, 3.05) is 25.0 Å². The first kappa shape index (κ1) is 15.5. The van der Waals surface area contributed by atoms with E-state index in [-0.39, 0.29) is 5.91 Å². The number of nitrogens with two attached hydrogens (primary N) is 1. The van der Waals surface area contributed by atoms with Gasteiger partial charge < -0.3 is 16.0 Å². The van der Waals surface area contributed by atoms with Gasteiger partial charge in [0.25, 0.3) is 0 Å². The minimum atomic E-state index is 0.0568. The monoisotopic (exact) mass is 263 g/mol. The molecule has 0 aromatic heterocycles. The van der Waals surface area contributed by atoms with Crippen LogP contribution in [0.3, 0.4) is 0 Å². The van der Waals surface area contributed by atoms with Crippen LogP contribution in [0.2, 0.25) is 0 Å². The van der Waals surface area contributed by atoms with E-state index >= 15 is 0 Å². The second kappa shape index (κ2) is 7.79. The smallest absolute Gasteiger partial charge is 0.239 e. The molecule has 0 radical (unpaired) electrons. The van der Waals surface area contributed by atoms with Gasteiger partial charge in [0.05, 0.1) is 6.54 Å². The van der Waals surface area contributed by atoms with Crippen LogP contribution >= 0.6 is 0 Å². The average molecular weight is 263 g/mol. The maximum absolute atomic E-state index is 11.8. The topological polar surface area (TPSA) is 58.4 Å². The van der Waals surface area contributed by atoms with Crippen LogP contribution in [-0.2, 0) is 11.3 Å². The van der Waals surface area contributed by atoms with E-state index in [1.165, 1.54) is 0 Å². The number of benzene rings is 1. The van der Waals surface area contributed by atoms with Crippen LogP contribution in [0.1, 0.15) is 25.8 Å². The molecule has 0 saturated carbocycles. The molecule has 0 aliphatic heterocycles. The number of nitrogens with zero attached hydrogens (tertiary/aromatic N) is 1. The molecule has 4 heteroatoms. The van der Waals surface area contributed by atoms with Gasteiger partial charge in [0.2, 0.25) is 5.91 Å². The molecule has 0 unspecified atom stereocenters. The second-order valence-electron chi connectivity index (χ2n) is 5.26. The Morgan fingerprint density at radius 1 is 1.42 bits per heavy atom. The number of anilines is 1. The zero-order chi connectivity index (χ0) is 14.3. The summed E-state index contributed by atoms with van der Waals surface area (Å²) in [5.74, 6) is 0.667. The van der Waals surface area contributed by atoms with Crippen LogP contribution in [0.25, 0.3) is 0 Å². The molecule has 1 rings (SSSR count). The summed E-state index contributed by atoms with van der Waals surface area (Å²) in [7, 11) is 1.91. The lowest BCUT2D eigenvalue weighted by Gasteiger charge is -2.19. The maximum atomic E-state index is 11.8. The quantitative estimate of drug-likeness (QED) is 0.788. The summed E-state index contributed by atoms with van der Waals surface area (Å²) in [5.41, 5.74) is 7.71. The van der Waals surface area contributed by atoms with Crippen molar-refractivity contribution in [3.8, 4) is 0 Å². The number of hydrogen-bond donors (Lipinski definition) is 2. The summed E-state index contributed by atoms with van der Waals surface area (Å²) in [4.78, 5) is 13.7. The van der Waals surface area contributed by atoms with Gasteiger partial charge in [0, 0.05) is 25.8 Å². The summed E-state index contributed by atoms with van der Waals surface area (Å²) in [6.07, 6.45) is 1.01. The molecule has 0 saturated heterocycles. The van der Waals surface area contributed by atoms with Gasteiger partial charge in [0.1, 0.15) is 0 Å². The fourth-order valence-electron chi connectivity index (χ4n) is 1.78. The Kier molecular flexibility index (Phi) is 6.36. The van der Waals surface area contributed by atoms with Crippen molar-refractivity contribution in [3.63, 3.8) is 0 Å². The van der Waals surface area contributed by atoms with Gasteiger partial charge in [-0.1, -0.05) is 26.0 Å². The zero-order valence-electron chi connectivity index (χ0n) is 12.1. The Labute approximate surface area is 116 Å². The minimum absolute atomic E-state index is 0.0568. The largest absolute Gasteiger partial charge is 0.365 e. The number of carbonyl (C=O) groups excluding carboxylic acids is 1. The Bertz CT molecular complexity index is 404. The van der Waals surface area contributed by atoms with Gasteiger partial charge in [-0.15, -0.1) is 0 Å². The molecular formula is C15H25N3O. The Hall–Kier alpha value is -1.55. The fraction of sp³-hybridized carbons (Fsp3) is 0.533. The predicted molar refractivity (Wildman–Crippen MR) is 80.1 cm³/mol. The first-order valence-corrected chi connectivity index (χ1v) is 6.79. The van der Waals surface area contributed by atoms with E-state index in [0.29, 0.717) is 19.0 Å². The van der Waals surface area contributed by atoms with Crippen molar-refractivity contribution in [1.29, 1.82) is 0 Å². The van der Waals surface area contributed by atoms with Crippen molar-refractivity contribution < 1.29 is 4.79 Å². The lowest BCUT2D eigenvalue weighted by molar-refractivity contribution is -0.119. The molecule has 4 nitrogen and oxygen atoms in total. The number of nitrogens with one attached hydrogen (secondary N) is 1. The van der Waals surface area contributed by atoms with Crippen LogP contribution in [-0.4, -0.2) is 26.0 Å². The SMILES string of the molecule is CC(C)CCNC(=O)CN(C)c1cccc(CN)c1.